The number of likely N-dealkylation sites (N-methyl/N-ethyl adjacent to an activating group) is 1. The van der Waals surface area contributed by atoms with Gasteiger partial charge < -0.3 is 15.1 Å². The van der Waals surface area contributed by atoms with Gasteiger partial charge in [0, 0.05) is 26.6 Å². The van der Waals surface area contributed by atoms with Crippen LogP contribution in [0.2, 0.25) is 0 Å². The minimum atomic E-state index is 0. The predicted molar refractivity (Wildman–Crippen MR) is 85.5 cm³/mol. The number of carbonyl (C=O) groups is 2. The van der Waals surface area contributed by atoms with Crippen molar-refractivity contribution in [2.75, 3.05) is 40.3 Å². The highest BCUT2D eigenvalue weighted by molar-refractivity contribution is 5.87. The lowest BCUT2D eigenvalue weighted by atomic mass is 9.91. The van der Waals surface area contributed by atoms with Crippen LogP contribution in [0.1, 0.15) is 32.6 Å². The normalized spacial score (nSPS) is 22.3. The van der Waals surface area contributed by atoms with Gasteiger partial charge in [-0.25, -0.2) is 0 Å². The van der Waals surface area contributed by atoms with Gasteiger partial charge in [0.2, 0.25) is 11.8 Å². The average Bonchev–Trinajstić information content (AvgIpc) is 3.11. The summed E-state index contributed by atoms with van der Waals surface area (Å²) >= 11 is 0. The smallest absolute Gasteiger partial charge is 0.241 e. The van der Waals surface area contributed by atoms with Crippen molar-refractivity contribution >= 4 is 24.2 Å². The Labute approximate surface area is 133 Å². The first-order chi connectivity index (χ1) is 9.50. The summed E-state index contributed by atoms with van der Waals surface area (Å²) in [5, 5.41) is 3.36. The molecule has 2 amide bonds. The van der Waals surface area contributed by atoms with Crippen LogP contribution in [-0.2, 0) is 9.59 Å². The summed E-state index contributed by atoms with van der Waals surface area (Å²) in [7, 11) is 3.48. The van der Waals surface area contributed by atoms with Crippen molar-refractivity contribution in [3.05, 3.63) is 0 Å². The fourth-order valence-corrected chi connectivity index (χ4v) is 3.24. The zero-order valence-corrected chi connectivity index (χ0v) is 14.2. The molecule has 0 bridgehead atoms. The van der Waals surface area contributed by atoms with Crippen LogP contribution in [0.3, 0.4) is 0 Å². The van der Waals surface area contributed by atoms with Crippen molar-refractivity contribution in [3.63, 3.8) is 0 Å². The van der Waals surface area contributed by atoms with Crippen LogP contribution in [-0.4, -0.2) is 61.9 Å². The van der Waals surface area contributed by atoms with E-state index in [0.717, 1.165) is 38.8 Å². The molecule has 1 heterocycles. The van der Waals surface area contributed by atoms with Crippen molar-refractivity contribution in [2.24, 2.45) is 11.3 Å². The third-order valence-electron chi connectivity index (χ3n) is 4.72. The van der Waals surface area contributed by atoms with E-state index < -0.39 is 0 Å². The second kappa shape index (κ2) is 7.45. The topological polar surface area (TPSA) is 52.7 Å². The lowest BCUT2D eigenvalue weighted by Crippen LogP contribution is -2.42. The third kappa shape index (κ3) is 4.10. The summed E-state index contributed by atoms with van der Waals surface area (Å²) in [4.78, 5) is 27.9. The average molecular weight is 318 g/mol. The van der Waals surface area contributed by atoms with Crippen LogP contribution in [0.5, 0.6) is 0 Å². The number of hydrogen-bond donors (Lipinski definition) is 1. The first-order valence-electron chi connectivity index (χ1n) is 7.70. The molecule has 1 saturated heterocycles. The van der Waals surface area contributed by atoms with E-state index in [1.807, 2.05) is 6.92 Å². The number of nitrogens with one attached hydrogen (secondary N) is 1. The van der Waals surface area contributed by atoms with Gasteiger partial charge in [-0.3, -0.25) is 9.59 Å². The van der Waals surface area contributed by atoms with Crippen LogP contribution in [0.4, 0.5) is 0 Å². The Hall–Kier alpha value is -0.810. The first-order valence-corrected chi connectivity index (χ1v) is 7.70. The molecule has 1 spiro atoms. The van der Waals surface area contributed by atoms with E-state index in [-0.39, 0.29) is 42.1 Å². The molecule has 5 nitrogen and oxygen atoms in total. The number of amides is 2. The van der Waals surface area contributed by atoms with Crippen LogP contribution >= 0.6 is 12.4 Å². The van der Waals surface area contributed by atoms with Gasteiger partial charge >= 0.3 is 0 Å². The van der Waals surface area contributed by atoms with E-state index in [9.17, 15) is 9.59 Å². The number of halogens is 1. The highest BCUT2D eigenvalue weighted by Crippen LogP contribution is 2.59. The molecule has 6 heteroatoms. The summed E-state index contributed by atoms with van der Waals surface area (Å²) < 4.78 is 0. The lowest BCUT2D eigenvalue weighted by molar-refractivity contribution is -0.140. The molecule has 2 aliphatic rings. The first kappa shape index (κ1) is 18.2. The molecule has 1 atom stereocenters. The largest absolute Gasteiger partial charge is 0.347 e. The van der Waals surface area contributed by atoms with E-state index in [2.05, 4.69) is 5.32 Å². The van der Waals surface area contributed by atoms with Gasteiger partial charge in [-0.05, 0) is 44.2 Å². The van der Waals surface area contributed by atoms with Gasteiger partial charge in [0.25, 0.3) is 0 Å². The van der Waals surface area contributed by atoms with E-state index in [1.165, 1.54) is 0 Å². The number of rotatable bonds is 5. The molecule has 1 saturated carbocycles. The second-order valence-corrected chi connectivity index (χ2v) is 6.42. The van der Waals surface area contributed by atoms with Crippen LogP contribution < -0.4 is 5.32 Å². The number of nitrogens with zero attached hydrogens (tertiary/aromatic N) is 2. The van der Waals surface area contributed by atoms with Crippen molar-refractivity contribution in [2.45, 2.75) is 32.6 Å². The molecular formula is C15H28ClN3O2. The van der Waals surface area contributed by atoms with Crippen LogP contribution in [0, 0.1) is 11.3 Å². The van der Waals surface area contributed by atoms with Crippen molar-refractivity contribution in [1.29, 1.82) is 0 Å². The summed E-state index contributed by atoms with van der Waals surface area (Å²) in [6, 6.07) is 0. The van der Waals surface area contributed by atoms with Crippen molar-refractivity contribution in [1.82, 2.24) is 15.1 Å². The minimum absolute atomic E-state index is 0. The number of hydrogen-bond acceptors (Lipinski definition) is 3. The molecule has 1 N–H and O–H groups in total. The maximum atomic E-state index is 12.7. The van der Waals surface area contributed by atoms with Crippen molar-refractivity contribution < 1.29 is 9.59 Å². The van der Waals surface area contributed by atoms with Gasteiger partial charge in [0.15, 0.2) is 0 Å². The van der Waals surface area contributed by atoms with Gasteiger partial charge in [0.05, 0.1) is 6.54 Å². The van der Waals surface area contributed by atoms with Gasteiger partial charge in [-0.15, -0.1) is 12.4 Å². The molecule has 1 unspecified atom stereocenters. The molecule has 1 aliphatic carbocycles. The summed E-state index contributed by atoms with van der Waals surface area (Å²) in [5.74, 6) is 0.363. The van der Waals surface area contributed by atoms with Gasteiger partial charge in [0.1, 0.15) is 0 Å². The van der Waals surface area contributed by atoms with Gasteiger partial charge in [-0.1, -0.05) is 6.92 Å². The Kier molecular flexibility index (Phi) is 6.47. The molecule has 0 aromatic heterocycles. The molecule has 2 rings (SSSR count). The maximum absolute atomic E-state index is 12.7. The Morgan fingerprint density at radius 2 is 1.86 bits per heavy atom. The van der Waals surface area contributed by atoms with Crippen molar-refractivity contribution in [3.8, 4) is 0 Å². The molecule has 2 fully saturated rings. The fraction of sp³-hybridized carbons (Fsp3) is 0.867. The van der Waals surface area contributed by atoms with Crippen LogP contribution in [0.15, 0.2) is 0 Å². The quantitative estimate of drug-likeness (QED) is 0.827. The molecule has 21 heavy (non-hydrogen) atoms. The summed E-state index contributed by atoms with van der Waals surface area (Å²) in [6.45, 7) is 5.00. The zero-order chi connectivity index (χ0) is 14.8. The maximum Gasteiger partial charge on any atom is 0.241 e. The fourth-order valence-electron chi connectivity index (χ4n) is 3.24. The molecule has 0 radical (unpaired) electrons. The zero-order valence-electron chi connectivity index (χ0n) is 13.4. The SMILES string of the molecule is CCCN(CC(=O)N(C)C)C(=O)C1CC12CCNCC2.Cl. The van der Waals surface area contributed by atoms with Gasteiger partial charge in [-0.2, -0.15) is 0 Å². The summed E-state index contributed by atoms with van der Waals surface area (Å²) in [6.07, 6.45) is 4.12. The van der Waals surface area contributed by atoms with Crippen LogP contribution in [0.25, 0.3) is 0 Å². The highest BCUT2D eigenvalue weighted by atomic mass is 35.5. The molecule has 1 aliphatic heterocycles. The monoisotopic (exact) mass is 317 g/mol. The number of piperidine rings is 1. The summed E-state index contributed by atoms with van der Waals surface area (Å²) in [5.41, 5.74) is 0.246. The van der Waals surface area contributed by atoms with E-state index in [4.69, 9.17) is 0 Å². The Morgan fingerprint density at radius 3 is 2.38 bits per heavy atom. The molecule has 0 aromatic rings. The second-order valence-electron chi connectivity index (χ2n) is 6.42. The predicted octanol–water partition coefficient (Wildman–Crippen LogP) is 1.12. The van der Waals surface area contributed by atoms with E-state index >= 15 is 0 Å². The molecule has 0 aromatic carbocycles. The standard InChI is InChI=1S/C15H27N3O2.ClH/c1-4-9-18(11-13(19)17(2)3)14(20)12-10-15(12)5-7-16-8-6-15;/h12,16H,4-11H2,1-3H3;1H. The minimum Gasteiger partial charge on any atom is -0.347 e. The number of carbonyl (C=O) groups excluding carboxylic acids is 2. The third-order valence-corrected chi connectivity index (χ3v) is 4.72. The van der Waals surface area contributed by atoms with E-state index in [0.29, 0.717) is 6.54 Å². The molecular weight excluding hydrogens is 290 g/mol. The Morgan fingerprint density at radius 1 is 1.24 bits per heavy atom. The Bertz CT molecular complexity index is 381. The molecule has 122 valence electrons. The van der Waals surface area contributed by atoms with E-state index in [1.54, 1.807) is 23.9 Å². The lowest BCUT2D eigenvalue weighted by Gasteiger charge is -2.27. The highest BCUT2D eigenvalue weighted by Gasteiger charge is 2.58. The Balaban J connectivity index is 0.00000220.